The molecule has 3 nitrogen and oxygen atoms in total. The van der Waals surface area contributed by atoms with E-state index in [0.29, 0.717) is 18.5 Å². The molecule has 1 fully saturated rings. The second-order valence-electron chi connectivity index (χ2n) is 3.82. The van der Waals surface area contributed by atoms with Crippen LogP contribution in [0.25, 0.3) is 0 Å². The van der Waals surface area contributed by atoms with Gasteiger partial charge < -0.3 is 10.1 Å². The van der Waals surface area contributed by atoms with Gasteiger partial charge in [-0.2, -0.15) is 0 Å². The van der Waals surface area contributed by atoms with E-state index in [-0.39, 0.29) is 5.97 Å². The summed E-state index contributed by atoms with van der Waals surface area (Å²) in [4.78, 5) is 10.9. The van der Waals surface area contributed by atoms with E-state index in [2.05, 4.69) is 22.2 Å². The van der Waals surface area contributed by atoms with Gasteiger partial charge in [0.25, 0.3) is 0 Å². The number of hydrogen-bond acceptors (Lipinski definition) is 3. The Bertz CT molecular complexity index is 337. The molecule has 2 rings (SSSR count). The Morgan fingerprint density at radius 3 is 2.87 bits per heavy atom. The molecule has 1 aromatic carbocycles. The highest BCUT2D eigenvalue weighted by atomic mass is 16.5. The summed E-state index contributed by atoms with van der Waals surface area (Å²) in [6.45, 7) is 0.310. The lowest BCUT2D eigenvalue weighted by Crippen LogP contribution is -2.26. The standard InChI is InChI=1S/C12H15NO2/c1-15-12(14)8-13-11-7-10(11)9-5-3-2-4-6-9/h2-6,10-11,13H,7-8H2,1H3. The van der Waals surface area contributed by atoms with Crippen molar-refractivity contribution in [1.29, 1.82) is 0 Å². The van der Waals surface area contributed by atoms with Crippen LogP contribution in [0, 0.1) is 0 Å². The van der Waals surface area contributed by atoms with Gasteiger partial charge in [0.05, 0.1) is 13.7 Å². The van der Waals surface area contributed by atoms with E-state index < -0.39 is 0 Å². The summed E-state index contributed by atoms with van der Waals surface area (Å²) in [5.41, 5.74) is 1.35. The smallest absolute Gasteiger partial charge is 0.319 e. The van der Waals surface area contributed by atoms with Crippen molar-refractivity contribution in [3.8, 4) is 0 Å². The summed E-state index contributed by atoms with van der Waals surface area (Å²) in [5, 5.41) is 3.18. The maximum Gasteiger partial charge on any atom is 0.319 e. The molecule has 15 heavy (non-hydrogen) atoms. The van der Waals surface area contributed by atoms with Gasteiger partial charge >= 0.3 is 5.97 Å². The fourth-order valence-electron chi connectivity index (χ4n) is 1.78. The number of hydrogen-bond donors (Lipinski definition) is 1. The van der Waals surface area contributed by atoms with Crippen molar-refractivity contribution in [3.05, 3.63) is 35.9 Å². The quantitative estimate of drug-likeness (QED) is 0.753. The second kappa shape index (κ2) is 4.45. The molecule has 2 atom stereocenters. The van der Waals surface area contributed by atoms with Crippen LogP contribution in [-0.4, -0.2) is 25.7 Å². The minimum atomic E-state index is -0.200. The molecule has 1 N–H and O–H groups in total. The average molecular weight is 205 g/mol. The summed E-state index contributed by atoms with van der Waals surface area (Å²) < 4.78 is 4.57. The molecule has 0 aliphatic heterocycles. The van der Waals surface area contributed by atoms with Crippen LogP contribution in [-0.2, 0) is 9.53 Å². The van der Waals surface area contributed by atoms with E-state index in [4.69, 9.17) is 0 Å². The predicted molar refractivity (Wildman–Crippen MR) is 57.6 cm³/mol. The van der Waals surface area contributed by atoms with Crippen LogP contribution in [0.3, 0.4) is 0 Å². The van der Waals surface area contributed by atoms with Crippen LogP contribution in [0.4, 0.5) is 0 Å². The van der Waals surface area contributed by atoms with E-state index in [1.807, 2.05) is 18.2 Å². The Balaban J connectivity index is 1.79. The number of methoxy groups -OCH3 is 1. The van der Waals surface area contributed by atoms with Gasteiger partial charge in [0, 0.05) is 12.0 Å². The highest BCUT2D eigenvalue weighted by Gasteiger charge is 2.37. The molecule has 0 heterocycles. The molecule has 2 unspecified atom stereocenters. The number of carbonyl (C=O) groups excluding carboxylic acids is 1. The first kappa shape index (κ1) is 10.2. The molecular formula is C12H15NO2. The largest absolute Gasteiger partial charge is 0.468 e. The number of nitrogens with one attached hydrogen (secondary N) is 1. The van der Waals surface area contributed by atoms with Crippen molar-refractivity contribution in [2.24, 2.45) is 0 Å². The van der Waals surface area contributed by atoms with Gasteiger partial charge in [-0.25, -0.2) is 0 Å². The van der Waals surface area contributed by atoms with Crippen LogP contribution in [0.5, 0.6) is 0 Å². The molecule has 1 saturated carbocycles. The van der Waals surface area contributed by atoms with Crippen molar-refractivity contribution in [3.63, 3.8) is 0 Å². The fraction of sp³-hybridized carbons (Fsp3) is 0.417. The Hall–Kier alpha value is -1.35. The van der Waals surface area contributed by atoms with Crippen LogP contribution in [0.1, 0.15) is 17.9 Å². The highest BCUT2D eigenvalue weighted by Crippen LogP contribution is 2.40. The Kier molecular flexibility index (Phi) is 3.02. The molecule has 1 aromatic rings. The Morgan fingerprint density at radius 2 is 2.20 bits per heavy atom. The van der Waals surface area contributed by atoms with Gasteiger partial charge in [0.2, 0.25) is 0 Å². The maximum atomic E-state index is 10.9. The van der Waals surface area contributed by atoms with Crippen molar-refractivity contribution in [2.45, 2.75) is 18.4 Å². The summed E-state index contributed by atoms with van der Waals surface area (Å²) in [5.74, 6) is 0.365. The SMILES string of the molecule is COC(=O)CNC1CC1c1ccccc1. The molecule has 3 heteroatoms. The lowest BCUT2D eigenvalue weighted by atomic mass is 10.1. The molecule has 1 aliphatic carbocycles. The zero-order valence-electron chi connectivity index (χ0n) is 8.77. The summed E-state index contributed by atoms with van der Waals surface area (Å²) in [6.07, 6.45) is 1.11. The number of rotatable bonds is 4. The van der Waals surface area contributed by atoms with Gasteiger partial charge in [-0.05, 0) is 12.0 Å². The van der Waals surface area contributed by atoms with E-state index >= 15 is 0 Å². The van der Waals surface area contributed by atoms with Crippen LogP contribution in [0.15, 0.2) is 30.3 Å². The third kappa shape index (κ3) is 2.57. The van der Waals surface area contributed by atoms with E-state index in [1.54, 1.807) is 0 Å². The summed E-state index contributed by atoms with van der Waals surface area (Å²) >= 11 is 0. The lowest BCUT2D eigenvalue weighted by Gasteiger charge is -2.02. The van der Waals surface area contributed by atoms with Gasteiger partial charge in [-0.15, -0.1) is 0 Å². The summed E-state index contributed by atoms with van der Waals surface area (Å²) in [7, 11) is 1.41. The minimum absolute atomic E-state index is 0.200. The topological polar surface area (TPSA) is 38.3 Å². The van der Waals surface area contributed by atoms with Gasteiger partial charge in [0.1, 0.15) is 0 Å². The third-order valence-corrected chi connectivity index (χ3v) is 2.75. The van der Waals surface area contributed by atoms with Crippen molar-refractivity contribution < 1.29 is 9.53 Å². The van der Waals surface area contributed by atoms with Gasteiger partial charge in [-0.3, -0.25) is 4.79 Å². The molecule has 0 saturated heterocycles. The fourth-order valence-corrected chi connectivity index (χ4v) is 1.78. The monoisotopic (exact) mass is 205 g/mol. The zero-order valence-corrected chi connectivity index (χ0v) is 8.77. The van der Waals surface area contributed by atoms with Crippen molar-refractivity contribution >= 4 is 5.97 Å². The first-order valence-electron chi connectivity index (χ1n) is 5.16. The minimum Gasteiger partial charge on any atom is -0.468 e. The molecule has 1 aliphatic rings. The number of ether oxygens (including phenoxy) is 1. The van der Waals surface area contributed by atoms with Gasteiger partial charge in [0.15, 0.2) is 0 Å². The first-order valence-corrected chi connectivity index (χ1v) is 5.16. The zero-order chi connectivity index (χ0) is 10.7. The van der Waals surface area contributed by atoms with Crippen LogP contribution in [0.2, 0.25) is 0 Å². The molecule has 0 spiro atoms. The molecule has 0 amide bonds. The maximum absolute atomic E-state index is 10.9. The molecule has 0 bridgehead atoms. The Labute approximate surface area is 89.4 Å². The van der Waals surface area contributed by atoms with Gasteiger partial charge in [-0.1, -0.05) is 30.3 Å². The molecular weight excluding hydrogens is 190 g/mol. The second-order valence-corrected chi connectivity index (χ2v) is 3.82. The van der Waals surface area contributed by atoms with E-state index in [0.717, 1.165) is 6.42 Å². The Morgan fingerprint density at radius 1 is 1.47 bits per heavy atom. The van der Waals surface area contributed by atoms with E-state index in [1.165, 1.54) is 12.7 Å². The van der Waals surface area contributed by atoms with Crippen molar-refractivity contribution in [1.82, 2.24) is 5.32 Å². The number of esters is 1. The first-order chi connectivity index (χ1) is 7.31. The number of benzene rings is 1. The molecule has 80 valence electrons. The normalized spacial score (nSPS) is 23.5. The average Bonchev–Trinajstić information content (AvgIpc) is 3.06. The van der Waals surface area contributed by atoms with Crippen LogP contribution >= 0.6 is 0 Å². The van der Waals surface area contributed by atoms with Crippen LogP contribution < -0.4 is 5.32 Å². The summed E-state index contributed by atoms with van der Waals surface area (Å²) in [6, 6.07) is 10.8. The van der Waals surface area contributed by atoms with Crippen molar-refractivity contribution in [2.75, 3.05) is 13.7 Å². The number of carbonyl (C=O) groups is 1. The lowest BCUT2D eigenvalue weighted by molar-refractivity contribution is -0.139. The highest BCUT2D eigenvalue weighted by molar-refractivity contribution is 5.71. The predicted octanol–water partition coefficient (Wildman–Crippen LogP) is 1.31. The van der Waals surface area contributed by atoms with E-state index in [9.17, 15) is 4.79 Å². The molecule has 0 aromatic heterocycles. The molecule has 0 radical (unpaired) electrons. The third-order valence-electron chi connectivity index (χ3n) is 2.75.